The zero-order valence-corrected chi connectivity index (χ0v) is 29.1. The van der Waals surface area contributed by atoms with Crippen molar-refractivity contribution < 1.29 is 4.42 Å². The average Bonchev–Trinajstić information content (AvgIpc) is 3.90. The third kappa shape index (κ3) is 4.17. The number of nitrogens with zero attached hydrogens (tertiary/aromatic N) is 3. The van der Waals surface area contributed by atoms with Crippen LogP contribution in [0.5, 0.6) is 0 Å². The van der Waals surface area contributed by atoms with Crippen LogP contribution in [0.1, 0.15) is 0 Å². The number of thiophene rings is 1. The third-order valence-electron chi connectivity index (χ3n) is 10.8. The quantitative estimate of drug-likeness (QED) is 0.185. The predicted molar refractivity (Wildman–Crippen MR) is 222 cm³/mol. The Labute approximate surface area is 306 Å². The number of hydrogen-bond donors (Lipinski definition) is 0. The van der Waals surface area contributed by atoms with E-state index in [-0.39, 0.29) is 0 Å². The van der Waals surface area contributed by atoms with Crippen molar-refractivity contribution >= 4 is 96.9 Å². The monoisotopic (exact) mass is 693 g/mol. The summed E-state index contributed by atoms with van der Waals surface area (Å²) in [6.45, 7) is 0. The Morgan fingerprint density at radius 1 is 0.453 bits per heavy atom. The highest BCUT2D eigenvalue weighted by Gasteiger charge is 2.23. The van der Waals surface area contributed by atoms with Gasteiger partial charge in [0.1, 0.15) is 16.8 Å². The van der Waals surface area contributed by atoms with Crippen LogP contribution >= 0.6 is 11.3 Å². The SMILES string of the molecule is c1ccc(-c2nc(-n3c4ccc5ccccc5c4c4c5ccccc5ccc43)nc3c2oc2cc(-c4ccc5sc6ccccc6c5c4)ccc23)cc1. The van der Waals surface area contributed by atoms with Gasteiger partial charge in [-0.25, -0.2) is 9.97 Å². The first kappa shape index (κ1) is 28.8. The minimum absolute atomic E-state index is 0.614. The van der Waals surface area contributed by atoms with Crippen molar-refractivity contribution in [3.05, 3.63) is 164 Å². The summed E-state index contributed by atoms with van der Waals surface area (Å²) in [6.07, 6.45) is 0. The molecule has 4 nitrogen and oxygen atoms in total. The summed E-state index contributed by atoms with van der Waals surface area (Å²) in [7, 11) is 0. The maximum Gasteiger partial charge on any atom is 0.236 e. The second-order valence-electron chi connectivity index (χ2n) is 13.7. The van der Waals surface area contributed by atoms with Gasteiger partial charge in [-0.15, -0.1) is 11.3 Å². The van der Waals surface area contributed by atoms with Crippen molar-refractivity contribution in [3.63, 3.8) is 0 Å². The predicted octanol–water partition coefficient (Wildman–Crippen LogP) is 13.5. The third-order valence-corrected chi connectivity index (χ3v) is 12.0. The minimum Gasteiger partial charge on any atom is -0.452 e. The first-order valence-corrected chi connectivity index (χ1v) is 18.6. The molecule has 246 valence electrons. The van der Waals surface area contributed by atoms with Gasteiger partial charge in [-0.2, -0.15) is 0 Å². The Morgan fingerprint density at radius 3 is 1.83 bits per heavy atom. The van der Waals surface area contributed by atoms with Gasteiger partial charge >= 0.3 is 0 Å². The summed E-state index contributed by atoms with van der Waals surface area (Å²) in [5.74, 6) is 0.614. The molecule has 0 bridgehead atoms. The molecule has 53 heavy (non-hydrogen) atoms. The summed E-state index contributed by atoms with van der Waals surface area (Å²) >= 11 is 1.84. The van der Waals surface area contributed by atoms with Gasteiger partial charge in [0.05, 0.1) is 11.0 Å². The Kier molecular flexibility index (Phi) is 5.90. The molecule has 0 fully saturated rings. The van der Waals surface area contributed by atoms with Gasteiger partial charge in [0, 0.05) is 41.9 Å². The Bertz CT molecular complexity index is 3370. The van der Waals surface area contributed by atoms with E-state index in [2.05, 4.69) is 150 Å². The summed E-state index contributed by atoms with van der Waals surface area (Å²) in [5, 5.41) is 10.8. The van der Waals surface area contributed by atoms with Crippen LogP contribution in [0.3, 0.4) is 0 Å². The highest BCUT2D eigenvalue weighted by atomic mass is 32.1. The molecule has 0 aliphatic carbocycles. The summed E-state index contributed by atoms with van der Waals surface area (Å²) < 4.78 is 11.6. The molecule has 0 saturated carbocycles. The first-order chi connectivity index (χ1) is 26.3. The molecule has 12 rings (SSSR count). The van der Waals surface area contributed by atoms with Crippen molar-refractivity contribution in [2.24, 2.45) is 0 Å². The maximum absolute atomic E-state index is 6.77. The van der Waals surface area contributed by atoms with E-state index in [0.717, 1.165) is 49.9 Å². The van der Waals surface area contributed by atoms with Crippen LogP contribution in [0.4, 0.5) is 0 Å². The lowest BCUT2D eigenvalue weighted by Crippen LogP contribution is -2.02. The maximum atomic E-state index is 6.77. The molecule has 4 aromatic heterocycles. The minimum atomic E-state index is 0.614. The molecule has 0 radical (unpaired) electrons. The molecule has 0 saturated heterocycles. The average molecular weight is 694 g/mol. The molecule has 0 unspecified atom stereocenters. The van der Waals surface area contributed by atoms with Crippen LogP contribution in [0, 0.1) is 0 Å². The van der Waals surface area contributed by atoms with E-state index in [4.69, 9.17) is 14.4 Å². The lowest BCUT2D eigenvalue weighted by atomic mass is 10.00. The standard InChI is InChI=1S/C48H27N3OS/c1-2-12-30(13-3-1)45-47-46(36-22-18-32(27-40(36)52-47)31-21-25-42-37(26-31)35-16-8-9-17-41(35)53-42)50-48(49-45)51-38-23-19-28-10-4-6-14-33(28)43(38)44-34-15-7-5-11-29(34)20-24-39(44)51/h1-27H. The number of rotatable bonds is 3. The van der Waals surface area contributed by atoms with Crippen molar-refractivity contribution in [2.75, 3.05) is 0 Å². The molecule has 4 heterocycles. The Balaban J connectivity index is 1.14. The summed E-state index contributed by atoms with van der Waals surface area (Å²) in [5.41, 5.74) is 8.41. The zero-order chi connectivity index (χ0) is 34.6. The number of benzene rings is 8. The lowest BCUT2D eigenvalue weighted by molar-refractivity contribution is 0.667. The molecule has 12 aromatic rings. The van der Waals surface area contributed by atoms with E-state index >= 15 is 0 Å². The fourth-order valence-electron chi connectivity index (χ4n) is 8.37. The van der Waals surface area contributed by atoms with Gasteiger partial charge in [-0.05, 0) is 75.1 Å². The summed E-state index contributed by atoms with van der Waals surface area (Å²) in [6, 6.07) is 58.3. The Morgan fingerprint density at radius 2 is 1.08 bits per heavy atom. The second-order valence-corrected chi connectivity index (χ2v) is 14.8. The fourth-order valence-corrected chi connectivity index (χ4v) is 9.46. The van der Waals surface area contributed by atoms with E-state index in [0.29, 0.717) is 11.5 Å². The van der Waals surface area contributed by atoms with Crippen LogP contribution < -0.4 is 0 Å². The van der Waals surface area contributed by atoms with Crippen LogP contribution in [0.2, 0.25) is 0 Å². The second kappa shape index (κ2) is 10.8. The topological polar surface area (TPSA) is 43.9 Å². The molecule has 0 aliphatic heterocycles. The summed E-state index contributed by atoms with van der Waals surface area (Å²) in [4.78, 5) is 10.7. The van der Waals surface area contributed by atoms with E-state index in [1.54, 1.807) is 0 Å². The van der Waals surface area contributed by atoms with Crippen LogP contribution in [-0.4, -0.2) is 14.5 Å². The lowest BCUT2D eigenvalue weighted by Gasteiger charge is -2.10. The van der Waals surface area contributed by atoms with Crippen LogP contribution in [0.25, 0.3) is 114 Å². The fraction of sp³-hybridized carbons (Fsp3) is 0. The van der Waals surface area contributed by atoms with Crippen LogP contribution in [0.15, 0.2) is 168 Å². The van der Waals surface area contributed by atoms with Crippen LogP contribution in [-0.2, 0) is 0 Å². The normalized spacial score (nSPS) is 12.2. The van der Waals surface area contributed by atoms with Gasteiger partial charge < -0.3 is 4.42 Å². The number of fused-ring (bicyclic) bond motifs is 13. The molecular formula is C48H27N3OS. The van der Waals surface area contributed by atoms with Crippen molar-refractivity contribution in [2.45, 2.75) is 0 Å². The van der Waals surface area contributed by atoms with Gasteiger partial charge in [0.25, 0.3) is 0 Å². The number of hydrogen-bond acceptors (Lipinski definition) is 4. The highest BCUT2D eigenvalue weighted by Crippen LogP contribution is 2.43. The van der Waals surface area contributed by atoms with Crippen molar-refractivity contribution in [1.29, 1.82) is 0 Å². The first-order valence-electron chi connectivity index (χ1n) is 17.8. The molecule has 8 aromatic carbocycles. The van der Waals surface area contributed by atoms with Crippen molar-refractivity contribution in [1.82, 2.24) is 14.5 Å². The molecule has 0 aliphatic rings. The van der Waals surface area contributed by atoms with E-state index in [1.165, 1.54) is 52.5 Å². The molecular weight excluding hydrogens is 667 g/mol. The van der Waals surface area contributed by atoms with E-state index in [1.807, 2.05) is 29.5 Å². The molecule has 5 heteroatoms. The van der Waals surface area contributed by atoms with E-state index < -0.39 is 0 Å². The smallest absolute Gasteiger partial charge is 0.236 e. The van der Waals surface area contributed by atoms with Gasteiger partial charge in [0.2, 0.25) is 5.95 Å². The largest absolute Gasteiger partial charge is 0.452 e. The van der Waals surface area contributed by atoms with Gasteiger partial charge in [-0.1, -0.05) is 121 Å². The number of furan rings is 1. The molecule has 0 atom stereocenters. The zero-order valence-electron chi connectivity index (χ0n) is 28.2. The molecule has 0 amide bonds. The highest BCUT2D eigenvalue weighted by molar-refractivity contribution is 7.25. The molecule has 0 N–H and O–H groups in total. The Hall–Kier alpha value is -6.82. The van der Waals surface area contributed by atoms with Gasteiger partial charge in [0.15, 0.2) is 5.58 Å². The molecule has 0 spiro atoms. The van der Waals surface area contributed by atoms with Gasteiger partial charge in [-0.3, -0.25) is 4.57 Å². The van der Waals surface area contributed by atoms with E-state index in [9.17, 15) is 0 Å². The van der Waals surface area contributed by atoms with Crippen molar-refractivity contribution in [3.8, 4) is 28.3 Å². The number of aromatic nitrogens is 3.